The average Bonchev–Trinajstić information content (AvgIpc) is 3.03. The van der Waals surface area contributed by atoms with E-state index in [1.165, 1.54) is 11.1 Å². The molecule has 7 nitrogen and oxygen atoms in total. The number of urea groups is 1. The number of esters is 1. The van der Waals surface area contributed by atoms with Crippen LogP contribution in [0.15, 0.2) is 85.2 Å². The number of hydrogen-bond acceptors (Lipinski definition) is 5. The molecule has 1 saturated heterocycles. The summed E-state index contributed by atoms with van der Waals surface area (Å²) in [7, 11) is 0. The van der Waals surface area contributed by atoms with Gasteiger partial charge in [0.05, 0.1) is 11.3 Å². The van der Waals surface area contributed by atoms with E-state index in [4.69, 9.17) is 4.74 Å². The van der Waals surface area contributed by atoms with E-state index in [1.807, 2.05) is 6.07 Å². The molecule has 3 amide bonds. The van der Waals surface area contributed by atoms with Gasteiger partial charge in [-0.1, -0.05) is 36.4 Å². The Balaban J connectivity index is 1.63. The number of hydrogen-bond donors (Lipinski definition) is 0. The summed E-state index contributed by atoms with van der Waals surface area (Å²) < 4.78 is 5.35. The number of rotatable bonds is 5. The zero-order chi connectivity index (χ0) is 20.2. The Morgan fingerprint density at radius 3 is 2.17 bits per heavy atom. The minimum atomic E-state index is -0.967. The summed E-state index contributed by atoms with van der Waals surface area (Å²) in [6, 6.07) is 19.2. The van der Waals surface area contributed by atoms with Crippen molar-refractivity contribution in [3.05, 3.63) is 90.8 Å². The van der Waals surface area contributed by atoms with Gasteiger partial charge < -0.3 is 4.74 Å². The first-order chi connectivity index (χ1) is 14.2. The van der Waals surface area contributed by atoms with E-state index >= 15 is 0 Å². The largest absolute Gasteiger partial charge is 0.459 e. The van der Waals surface area contributed by atoms with E-state index in [0.29, 0.717) is 11.4 Å². The number of amides is 3. The molecule has 0 N–H and O–H groups in total. The number of carbonyl (C=O) groups excluding carboxylic acids is 3. The molecular formula is C22H17N3O4. The lowest BCUT2D eigenvalue weighted by atomic mass is 10.2. The van der Waals surface area contributed by atoms with E-state index < -0.39 is 23.9 Å². The number of para-hydroxylation sites is 2. The summed E-state index contributed by atoms with van der Waals surface area (Å²) >= 11 is 0. The molecule has 3 aromatic rings. The normalized spacial score (nSPS) is 16.2. The van der Waals surface area contributed by atoms with Gasteiger partial charge in [0.2, 0.25) is 0 Å². The maximum atomic E-state index is 13.1. The molecule has 2 aromatic carbocycles. The van der Waals surface area contributed by atoms with Crippen LogP contribution in [-0.4, -0.2) is 35.5 Å². The molecule has 1 aliphatic heterocycles. The second-order valence-electron chi connectivity index (χ2n) is 6.35. The molecule has 2 heterocycles. The maximum Gasteiger partial charge on any atom is 0.339 e. The fraction of sp³-hybridized carbons (Fsp3) is 0.0909. The highest BCUT2D eigenvalue weighted by molar-refractivity contribution is 6.28. The van der Waals surface area contributed by atoms with Gasteiger partial charge in [-0.3, -0.25) is 14.7 Å². The predicted octanol–water partition coefficient (Wildman–Crippen LogP) is 3.28. The van der Waals surface area contributed by atoms with Crippen molar-refractivity contribution in [2.24, 2.45) is 0 Å². The van der Waals surface area contributed by atoms with Crippen LogP contribution in [0.2, 0.25) is 0 Å². The third kappa shape index (κ3) is 3.58. The van der Waals surface area contributed by atoms with E-state index in [0.717, 1.165) is 4.90 Å². The van der Waals surface area contributed by atoms with Gasteiger partial charge in [-0.05, 0) is 36.4 Å². The highest BCUT2D eigenvalue weighted by Gasteiger charge is 2.47. The molecule has 0 bridgehead atoms. The van der Waals surface area contributed by atoms with Crippen molar-refractivity contribution in [2.45, 2.75) is 6.04 Å². The summed E-state index contributed by atoms with van der Waals surface area (Å²) in [5, 5.41) is 0. The van der Waals surface area contributed by atoms with E-state index in [9.17, 15) is 14.4 Å². The minimum absolute atomic E-state index is 0.267. The second kappa shape index (κ2) is 7.93. The number of pyridine rings is 1. The number of ether oxygens (including phenoxy) is 1. The highest BCUT2D eigenvalue weighted by atomic mass is 16.5. The van der Waals surface area contributed by atoms with Crippen molar-refractivity contribution in [1.82, 2.24) is 4.98 Å². The molecular weight excluding hydrogens is 370 g/mol. The summed E-state index contributed by atoms with van der Waals surface area (Å²) in [5.41, 5.74) is 1.28. The third-order valence-electron chi connectivity index (χ3n) is 4.53. The minimum Gasteiger partial charge on any atom is -0.459 e. The number of benzene rings is 2. The maximum absolute atomic E-state index is 13.1. The van der Waals surface area contributed by atoms with Crippen LogP contribution in [0.5, 0.6) is 0 Å². The Morgan fingerprint density at radius 1 is 0.897 bits per heavy atom. The van der Waals surface area contributed by atoms with Gasteiger partial charge in [-0.15, -0.1) is 0 Å². The topological polar surface area (TPSA) is 79.8 Å². The number of anilines is 2. The lowest BCUT2D eigenvalue weighted by molar-refractivity contribution is -0.118. The summed E-state index contributed by atoms with van der Waals surface area (Å²) in [6.45, 7) is -0.267. The molecule has 0 saturated carbocycles. The van der Waals surface area contributed by atoms with Gasteiger partial charge in [-0.25, -0.2) is 14.5 Å². The summed E-state index contributed by atoms with van der Waals surface area (Å²) in [5.74, 6) is -1.06. The predicted molar refractivity (Wildman–Crippen MR) is 107 cm³/mol. The van der Waals surface area contributed by atoms with Crippen LogP contribution < -0.4 is 9.80 Å². The van der Waals surface area contributed by atoms with Crippen molar-refractivity contribution in [1.29, 1.82) is 0 Å². The van der Waals surface area contributed by atoms with Gasteiger partial charge in [0, 0.05) is 18.1 Å². The summed E-state index contributed by atoms with van der Waals surface area (Å²) in [6.07, 6.45) is 2.93. The Morgan fingerprint density at radius 2 is 1.55 bits per heavy atom. The van der Waals surface area contributed by atoms with Gasteiger partial charge in [-0.2, -0.15) is 0 Å². The fourth-order valence-electron chi connectivity index (χ4n) is 3.16. The zero-order valence-corrected chi connectivity index (χ0v) is 15.3. The van der Waals surface area contributed by atoms with Gasteiger partial charge in [0.1, 0.15) is 6.61 Å². The molecule has 1 aromatic heterocycles. The van der Waals surface area contributed by atoms with Crippen molar-refractivity contribution in [2.75, 3.05) is 16.4 Å². The molecule has 144 valence electrons. The molecule has 7 heteroatoms. The highest BCUT2D eigenvalue weighted by Crippen LogP contribution is 2.30. The van der Waals surface area contributed by atoms with Crippen LogP contribution >= 0.6 is 0 Å². The zero-order valence-electron chi connectivity index (χ0n) is 15.3. The van der Waals surface area contributed by atoms with Crippen molar-refractivity contribution in [3.63, 3.8) is 0 Å². The van der Waals surface area contributed by atoms with Crippen molar-refractivity contribution in [3.8, 4) is 0 Å². The molecule has 4 rings (SSSR count). The molecule has 1 atom stereocenters. The van der Waals surface area contributed by atoms with E-state index in [-0.39, 0.29) is 12.2 Å². The lowest BCUT2D eigenvalue weighted by Crippen LogP contribution is -2.39. The van der Waals surface area contributed by atoms with Crippen molar-refractivity contribution < 1.29 is 19.1 Å². The van der Waals surface area contributed by atoms with Crippen LogP contribution in [-0.2, 0) is 9.53 Å². The van der Waals surface area contributed by atoms with Crippen LogP contribution in [0.1, 0.15) is 10.4 Å². The average molecular weight is 387 g/mol. The first-order valence-corrected chi connectivity index (χ1v) is 9.01. The van der Waals surface area contributed by atoms with E-state index in [1.54, 1.807) is 72.9 Å². The standard InChI is InChI=1S/C22H17N3O4/c26-20-19(15-29-21(27)16-8-7-13-23-14-16)24(17-9-3-1-4-10-17)22(28)25(20)18-11-5-2-6-12-18/h1-14,19H,15H2. The monoisotopic (exact) mass is 387 g/mol. The van der Waals surface area contributed by atoms with Crippen LogP contribution in [0.4, 0.5) is 16.2 Å². The summed E-state index contributed by atoms with van der Waals surface area (Å²) in [4.78, 5) is 44.9. The van der Waals surface area contributed by atoms with E-state index in [2.05, 4.69) is 4.98 Å². The van der Waals surface area contributed by atoms with Crippen LogP contribution in [0.3, 0.4) is 0 Å². The second-order valence-corrected chi connectivity index (χ2v) is 6.35. The number of nitrogens with zero attached hydrogens (tertiary/aromatic N) is 3. The Kier molecular flexibility index (Phi) is 5.03. The van der Waals surface area contributed by atoms with Crippen molar-refractivity contribution >= 4 is 29.3 Å². The van der Waals surface area contributed by atoms with Crippen LogP contribution in [0, 0.1) is 0 Å². The number of aromatic nitrogens is 1. The van der Waals surface area contributed by atoms with Gasteiger partial charge >= 0.3 is 12.0 Å². The molecule has 0 aliphatic carbocycles. The number of carbonyl (C=O) groups is 3. The van der Waals surface area contributed by atoms with Crippen LogP contribution in [0.25, 0.3) is 0 Å². The molecule has 1 fully saturated rings. The fourth-order valence-corrected chi connectivity index (χ4v) is 3.16. The quantitative estimate of drug-likeness (QED) is 0.496. The van der Waals surface area contributed by atoms with Gasteiger partial charge in [0.15, 0.2) is 6.04 Å². The third-order valence-corrected chi connectivity index (χ3v) is 4.53. The molecule has 29 heavy (non-hydrogen) atoms. The first kappa shape index (κ1) is 18.4. The molecule has 1 unspecified atom stereocenters. The molecule has 0 radical (unpaired) electrons. The molecule has 1 aliphatic rings. The SMILES string of the molecule is O=C(OCC1C(=O)N(c2ccccc2)C(=O)N1c1ccccc1)c1cccnc1. The molecule has 0 spiro atoms. The Hall–Kier alpha value is -4.00. The smallest absolute Gasteiger partial charge is 0.339 e. The lowest BCUT2D eigenvalue weighted by Gasteiger charge is -2.21. The Bertz CT molecular complexity index is 1030. The first-order valence-electron chi connectivity index (χ1n) is 9.01. The Labute approximate surface area is 167 Å². The van der Waals surface area contributed by atoms with Gasteiger partial charge in [0.25, 0.3) is 5.91 Å². The number of imide groups is 1.